The second-order valence-electron chi connectivity index (χ2n) is 10.3. The Balaban J connectivity index is 1.30. The molecule has 1 aliphatic heterocycles. The maximum Gasteiger partial charge on any atom is 0.416 e. The van der Waals surface area contributed by atoms with E-state index in [-0.39, 0.29) is 5.56 Å². The third-order valence-corrected chi connectivity index (χ3v) is 7.30. The van der Waals surface area contributed by atoms with Gasteiger partial charge in [0.05, 0.1) is 24.1 Å². The van der Waals surface area contributed by atoms with E-state index in [9.17, 15) is 18.0 Å². The lowest BCUT2D eigenvalue weighted by Gasteiger charge is -2.37. The Morgan fingerprint density at radius 3 is 2.47 bits per heavy atom. The van der Waals surface area contributed by atoms with Gasteiger partial charge in [-0.25, -0.2) is 9.97 Å². The molecule has 12 heteroatoms. The van der Waals surface area contributed by atoms with E-state index in [2.05, 4.69) is 44.2 Å². The lowest BCUT2D eigenvalue weighted by molar-refractivity contribution is -0.137. The van der Waals surface area contributed by atoms with Gasteiger partial charge in [0.15, 0.2) is 0 Å². The minimum atomic E-state index is -4.53. The second-order valence-corrected chi connectivity index (χ2v) is 10.3. The van der Waals surface area contributed by atoms with Crippen LogP contribution >= 0.6 is 0 Å². The molecule has 0 aliphatic carbocycles. The van der Waals surface area contributed by atoms with Crippen LogP contribution in [0.4, 0.5) is 47.8 Å². The Labute approximate surface area is 248 Å². The van der Waals surface area contributed by atoms with Crippen LogP contribution in [0.1, 0.15) is 40.9 Å². The van der Waals surface area contributed by atoms with E-state index in [1.54, 1.807) is 18.5 Å². The number of anilines is 6. The number of nitrogens with one attached hydrogen (secondary N) is 2. The molecular weight excluding hydrogens is 557 g/mol. The van der Waals surface area contributed by atoms with E-state index in [4.69, 9.17) is 4.98 Å². The van der Waals surface area contributed by atoms with Crippen molar-refractivity contribution < 1.29 is 18.0 Å². The largest absolute Gasteiger partial charge is 0.416 e. The first kappa shape index (κ1) is 29.6. The van der Waals surface area contributed by atoms with Crippen LogP contribution in [0.15, 0.2) is 67.0 Å². The average Bonchev–Trinajstić information content (AvgIpc) is 2.99. The van der Waals surface area contributed by atoms with Crippen molar-refractivity contribution in [3.8, 4) is 0 Å². The number of aromatic nitrogens is 3. The van der Waals surface area contributed by atoms with Crippen molar-refractivity contribution in [2.75, 3.05) is 52.1 Å². The van der Waals surface area contributed by atoms with Crippen LogP contribution < -0.4 is 25.3 Å². The number of hydrogen-bond acceptors (Lipinski definition) is 8. The quantitative estimate of drug-likeness (QED) is 0.242. The lowest BCUT2D eigenvalue weighted by Crippen LogP contribution is -2.41. The van der Waals surface area contributed by atoms with Crippen molar-refractivity contribution in [1.82, 2.24) is 15.0 Å². The molecular formula is C31H33F3N8O. The van der Waals surface area contributed by atoms with Gasteiger partial charge in [-0.05, 0) is 68.8 Å². The minimum Gasteiger partial charge on any atom is -0.357 e. The number of amides is 1. The third-order valence-electron chi connectivity index (χ3n) is 7.30. The summed E-state index contributed by atoms with van der Waals surface area (Å²) in [6, 6.07) is 13.7. The zero-order chi connectivity index (χ0) is 30.7. The molecule has 9 nitrogen and oxygen atoms in total. The summed E-state index contributed by atoms with van der Waals surface area (Å²) >= 11 is 0. The number of alkyl halides is 3. The molecule has 0 fully saturated rings. The molecule has 5 rings (SSSR count). The number of benzene rings is 2. The normalized spacial score (nSPS) is 13.0. The Kier molecular flexibility index (Phi) is 8.38. The van der Waals surface area contributed by atoms with Crippen LogP contribution in [0, 0.1) is 6.92 Å². The highest BCUT2D eigenvalue weighted by molar-refractivity contribution is 6.04. The number of carbonyl (C=O) groups is 1. The predicted molar refractivity (Wildman–Crippen MR) is 163 cm³/mol. The first-order valence-corrected chi connectivity index (χ1v) is 13.9. The highest BCUT2D eigenvalue weighted by atomic mass is 19.4. The standard InChI is InChI=1S/C31H33F3N8O/c1-5-41(6-2)27-13-12-25(17-35-27)38-30-36-16-22-18-42(19-40(4)28(22)39-30)26-15-24(11-10-20(26)3)37-29(43)21-8-7-9-23(14-21)31(32,33)34/h7-17H,5-6,18-19H2,1-4H3,(H,37,43)(H,36,38,39). The zero-order valence-electron chi connectivity index (χ0n) is 24.4. The van der Waals surface area contributed by atoms with E-state index in [1.165, 1.54) is 12.1 Å². The van der Waals surface area contributed by atoms with Gasteiger partial charge in [-0.2, -0.15) is 18.2 Å². The van der Waals surface area contributed by atoms with Crippen LogP contribution in [-0.4, -0.2) is 47.7 Å². The summed E-state index contributed by atoms with van der Waals surface area (Å²) in [5, 5.41) is 5.97. The molecule has 2 aromatic carbocycles. The molecule has 3 heterocycles. The fourth-order valence-corrected chi connectivity index (χ4v) is 5.03. The molecule has 0 unspecified atom stereocenters. The van der Waals surface area contributed by atoms with Crippen molar-refractivity contribution in [2.24, 2.45) is 0 Å². The predicted octanol–water partition coefficient (Wildman–Crippen LogP) is 6.45. The molecule has 1 amide bonds. The summed E-state index contributed by atoms with van der Waals surface area (Å²) in [7, 11) is 1.94. The molecule has 43 heavy (non-hydrogen) atoms. The topological polar surface area (TPSA) is 89.5 Å². The number of rotatable bonds is 8. The molecule has 0 saturated carbocycles. The van der Waals surface area contributed by atoms with Gasteiger partial charge in [0.25, 0.3) is 5.91 Å². The minimum absolute atomic E-state index is 0.0687. The third kappa shape index (κ3) is 6.63. The molecule has 2 aromatic heterocycles. The molecule has 2 N–H and O–H groups in total. The summed E-state index contributed by atoms with van der Waals surface area (Å²) in [5.74, 6) is 1.56. The van der Waals surface area contributed by atoms with E-state index in [0.717, 1.165) is 59.4 Å². The Bertz CT molecular complexity index is 1610. The summed E-state index contributed by atoms with van der Waals surface area (Å²) in [6.45, 7) is 8.97. The lowest BCUT2D eigenvalue weighted by atomic mass is 10.1. The summed E-state index contributed by atoms with van der Waals surface area (Å²) in [5.41, 5.74) is 3.11. The van der Waals surface area contributed by atoms with Crippen molar-refractivity contribution in [1.29, 1.82) is 0 Å². The maximum atomic E-state index is 13.1. The van der Waals surface area contributed by atoms with Gasteiger partial charge in [0, 0.05) is 55.4 Å². The van der Waals surface area contributed by atoms with Crippen LogP contribution in [0.3, 0.4) is 0 Å². The van der Waals surface area contributed by atoms with Gasteiger partial charge < -0.3 is 25.3 Å². The number of aryl methyl sites for hydroxylation is 1. The fraction of sp³-hybridized carbons (Fsp3) is 0.290. The highest BCUT2D eigenvalue weighted by Gasteiger charge is 2.31. The van der Waals surface area contributed by atoms with Gasteiger partial charge in [-0.3, -0.25) is 4.79 Å². The second kappa shape index (κ2) is 12.2. The van der Waals surface area contributed by atoms with Gasteiger partial charge in [-0.1, -0.05) is 12.1 Å². The molecule has 0 saturated heterocycles. The van der Waals surface area contributed by atoms with Gasteiger partial charge >= 0.3 is 6.18 Å². The molecule has 224 valence electrons. The van der Waals surface area contributed by atoms with Crippen LogP contribution in [0.2, 0.25) is 0 Å². The van der Waals surface area contributed by atoms with Crippen molar-refractivity contribution in [3.05, 3.63) is 89.2 Å². The van der Waals surface area contributed by atoms with Crippen molar-refractivity contribution in [3.63, 3.8) is 0 Å². The average molecular weight is 591 g/mol. The van der Waals surface area contributed by atoms with E-state index in [0.29, 0.717) is 24.8 Å². The number of halogens is 3. The van der Waals surface area contributed by atoms with Crippen LogP contribution in [0.5, 0.6) is 0 Å². The Hall–Kier alpha value is -4.87. The van der Waals surface area contributed by atoms with E-state index < -0.39 is 17.6 Å². The number of fused-ring (bicyclic) bond motifs is 1. The zero-order valence-corrected chi connectivity index (χ0v) is 24.4. The van der Waals surface area contributed by atoms with Gasteiger partial charge in [0.2, 0.25) is 5.95 Å². The first-order valence-electron chi connectivity index (χ1n) is 13.9. The molecule has 1 aliphatic rings. The maximum absolute atomic E-state index is 13.1. The SMILES string of the molecule is CCN(CC)c1ccc(Nc2ncc3c(n2)N(C)CN(c2cc(NC(=O)c4cccc(C(F)(F)F)c4)ccc2C)C3)cn1. The summed E-state index contributed by atoms with van der Waals surface area (Å²) < 4.78 is 39.4. The van der Waals surface area contributed by atoms with Crippen LogP contribution in [-0.2, 0) is 12.7 Å². The Morgan fingerprint density at radius 1 is 1.00 bits per heavy atom. The van der Waals surface area contributed by atoms with E-state index in [1.807, 2.05) is 43.1 Å². The van der Waals surface area contributed by atoms with E-state index >= 15 is 0 Å². The molecule has 0 atom stereocenters. The number of carbonyl (C=O) groups excluding carboxylic acids is 1. The monoisotopic (exact) mass is 590 g/mol. The van der Waals surface area contributed by atoms with Gasteiger partial charge in [-0.15, -0.1) is 0 Å². The molecule has 4 aromatic rings. The number of pyridine rings is 1. The van der Waals surface area contributed by atoms with Crippen molar-refractivity contribution >= 4 is 40.6 Å². The first-order chi connectivity index (χ1) is 20.5. The molecule has 0 spiro atoms. The van der Waals surface area contributed by atoms with Crippen LogP contribution in [0.25, 0.3) is 0 Å². The molecule has 0 radical (unpaired) electrons. The number of hydrogen-bond donors (Lipinski definition) is 2. The molecule has 0 bridgehead atoms. The van der Waals surface area contributed by atoms with Crippen molar-refractivity contribution in [2.45, 2.75) is 33.5 Å². The number of nitrogens with zero attached hydrogens (tertiary/aromatic N) is 6. The fourth-order valence-electron chi connectivity index (χ4n) is 5.03. The highest BCUT2D eigenvalue weighted by Crippen LogP contribution is 2.33. The summed E-state index contributed by atoms with van der Waals surface area (Å²) in [6.07, 6.45) is -0.971. The summed E-state index contributed by atoms with van der Waals surface area (Å²) in [4.78, 5) is 32.9. The smallest absolute Gasteiger partial charge is 0.357 e. The Morgan fingerprint density at radius 2 is 1.77 bits per heavy atom. The van der Waals surface area contributed by atoms with Gasteiger partial charge in [0.1, 0.15) is 11.6 Å².